The Hall–Kier alpha value is -1.52. The van der Waals surface area contributed by atoms with Gasteiger partial charge in [-0.25, -0.2) is 4.68 Å². The topological polar surface area (TPSA) is 38.1 Å². The summed E-state index contributed by atoms with van der Waals surface area (Å²) >= 11 is 12.4. The molecule has 1 amide bonds. The van der Waals surface area contributed by atoms with Crippen LogP contribution in [-0.2, 0) is 6.54 Å². The average Bonchev–Trinajstić information content (AvgIpc) is 2.66. The third-order valence-corrected chi connectivity index (χ3v) is 3.72. The summed E-state index contributed by atoms with van der Waals surface area (Å²) in [6.07, 6.45) is 0. The van der Waals surface area contributed by atoms with E-state index >= 15 is 0 Å². The summed E-state index contributed by atoms with van der Waals surface area (Å²) in [5.41, 5.74) is 1.95. The molecule has 0 unspecified atom stereocenters. The van der Waals surface area contributed by atoms with Crippen LogP contribution >= 0.6 is 23.2 Å². The zero-order valence-corrected chi connectivity index (χ0v) is 13.0. The molecular weight excluding hydrogens is 297 g/mol. The minimum Gasteiger partial charge on any atom is -0.345 e. The highest BCUT2D eigenvalue weighted by atomic mass is 35.5. The fourth-order valence-electron chi connectivity index (χ4n) is 1.91. The molecule has 20 heavy (non-hydrogen) atoms. The van der Waals surface area contributed by atoms with Crippen LogP contribution in [-0.4, -0.2) is 34.7 Å². The van der Waals surface area contributed by atoms with Gasteiger partial charge in [-0.15, -0.1) is 0 Å². The molecule has 0 aliphatic carbocycles. The Bertz CT molecular complexity index is 650. The summed E-state index contributed by atoms with van der Waals surface area (Å²) in [5.74, 6) is -0.155. The minimum atomic E-state index is -0.155. The zero-order valence-electron chi connectivity index (χ0n) is 11.5. The van der Waals surface area contributed by atoms with Gasteiger partial charge in [0.15, 0.2) is 0 Å². The molecule has 0 spiro atoms. The van der Waals surface area contributed by atoms with Crippen molar-refractivity contribution in [2.75, 3.05) is 14.1 Å². The number of benzene rings is 1. The lowest BCUT2D eigenvalue weighted by molar-refractivity contribution is 0.0827. The number of rotatable bonds is 3. The summed E-state index contributed by atoms with van der Waals surface area (Å²) < 4.78 is 1.59. The fourth-order valence-corrected chi connectivity index (χ4v) is 2.42. The predicted molar refractivity (Wildman–Crippen MR) is 80.5 cm³/mol. The molecule has 4 nitrogen and oxygen atoms in total. The van der Waals surface area contributed by atoms with Crippen molar-refractivity contribution in [3.05, 3.63) is 51.3 Å². The van der Waals surface area contributed by atoms with Gasteiger partial charge < -0.3 is 4.90 Å². The van der Waals surface area contributed by atoms with E-state index in [2.05, 4.69) is 5.10 Å². The van der Waals surface area contributed by atoms with Gasteiger partial charge in [0.2, 0.25) is 0 Å². The number of hydrogen-bond donors (Lipinski definition) is 0. The number of amides is 1. The van der Waals surface area contributed by atoms with Crippen molar-refractivity contribution < 1.29 is 4.79 Å². The van der Waals surface area contributed by atoms with Crippen LogP contribution < -0.4 is 0 Å². The van der Waals surface area contributed by atoms with Crippen molar-refractivity contribution in [2.45, 2.75) is 13.5 Å². The van der Waals surface area contributed by atoms with Crippen LogP contribution in [0, 0.1) is 6.92 Å². The molecular formula is C14H15Cl2N3O. The normalized spacial score (nSPS) is 10.7. The number of carbonyl (C=O) groups excluding carboxylic acids is 1. The summed E-state index contributed by atoms with van der Waals surface area (Å²) in [6.45, 7) is 2.20. The summed E-state index contributed by atoms with van der Waals surface area (Å²) in [5, 5.41) is 5.31. The van der Waals surface area contributed by atoms with Crippen LogP contribution in [0.3, 0.4) is 0 Å². The van der Waals surface area contributed by atoms with E-state index in [0.29, 0.717) is 28.0 Å². The Kier molecular flexibility index (Phi) is 4.35. The second-order valence-corrected chi connectivity index (χ2v) is 5.47. The van der Waals surface area contributed by atoms with Crippen LogP contribution in [0.2, 0.25) is 10.2 Å². The van der Waals surface area contributed by atoms with Crippen LogP contribution in [0.1, 0.15) is 21.6 Å². The number of nitrogens with zero attached hydrogens (tertiary/aromatic N) is 3. The first-order chi connectivity index (χ1) is 9.41. The largest absolute Gasteiger partial charge is 0.345 e. The Morgan fingerprint density at radius 1 is 1.30 bits per heavy atom. The van der Waals surface area contributed by atoms with Gasteiger partial charge in [-0.05, 0) is 18.6 Å². The van der Waals surface area contributed by atoms with Crippen LogP contribution in [0.25, 0.3) is 0 Å². The zero-order chi connectivity index (χ0) is 14.9. The Morgan fingerprint density at radius 3 is 2.55 bits per heavy atom. The molecule has 0 N–H and O–H groups in total. The van der Waals surface area contributed by atoms with E-state index < -0.39 is 0 Å². The lowest BCUT2D eigenvalue weighted by atomic mass is 10.2. The lowest BCUT2D eigenvalue weighted by Crippen LogP contribution is -2.22. The van der Waals surface area contributed by atoms with Crippen LogP contribution in [0.4, 0.5) is 0 Å². The smallest absolute Gasteiger partial charge is 0.258 e. The minimum absolute atomic E-state index is 0.155. The van der Waals surface area contributed by atoms with Crippen LogP contribution in [0.5, 0.6) is 0 Å². The fraction of sp³-hybridized carbons (Fsp3) is 0.286. The molecule has 0 aliphatic rings. The number of aromatic nitrogens is 2. The van der Waals surface area contributed by atoms with E-state index in [0.717, 1.165) is 5.56 Å². The van der Waals surface area contributed by atoms with Crippen molar-refractivity contribution >= 4 is 29.1 Å². The third kappa shape index (κ3) is 2.81. The maximum absolute atomic E-state index is 12.1. The van der Waals surface area contributed by atoms with Gasteiger partial charge in [0.1, 0.15) is 5.15 Å². The molecule has 1 aromatic carbocycles. The maximum Gasteiger partial charge on any atom is 0.258 e. The Balaban J connectivity index is 2.38. The highest BCUT2D eigenvalue weighted by molar-refractivity contribution is 6.33. The van der Waals surface area contributed by atoms with E-state index in [-0.39, 0.29) is 5.91 Å². The van der Waals surface area contributed by atoms with Gasteiger partial charge >= 0.3 is 0 Å². The molecule has 0 bridgehead atoms. The average molecular weight is 312 g/mol. The standard InChI is InChI=1S/C14H15Cl2N3O/c1-9-12(14(20)18(2)3)13(16)19(17-9)8-10-6-4-5-7-11(10)15/h4-7H,8H2,1-3H3. The molecule has 6 heteroatoms. The molecule has 2 rings (SSSR count). The Labute approximate surface area is 127 Å². The van der Waals surface area contributed by atoms with E-state index in [1.807, 2.05) is 24.3 Å². The molecule has 2 aromatic rings. The van der Waals surface area contributed by atoms with Gasteiger partial charge in [-0.3, -0.25) is 4.79 Å². The highest BCUT2D eigenvalue weighted by Gasteiger charge is 2.21. The first-order valence-electron chi connectivity index (χ1n) is 6.09. The molecule has 0 saturated heterocycles. The first kappa shape index (κ1) is 14.9. The maximum atomic E-state index is 12.1. The molecule has 1 heterocycles. The Morgan fingerprint density at radius 2 is 1.95 bits per heavy atom. The van der Waals surface area contributed by atoms with Gasteiger partial charge in [0.25, 0.3) is 5.91 Å². The van der Waals surface area contributed by atoms with Gasteiger partial charge in [0.05, 0.1) is 17.8 Å². The second-order valence-electron chi connectivity index (χ2n) is 4.70. The van der Waals surface area contributed by atoms with Crippen molar-refractivity contribution in [3.63, 3.8) is 0 Å². The van der Waals surface area contributed by atoms with Crippen molar-refractivity contribution in [2.24, 2.45) is 0 Å². The molecule has 0 saturated carbocycles. The van der Waals surface area contributed by atoms with Gasteiger partial charge in [-0.2, -0.15) is 5.10 Å². The SMILES string of the molecule is Cc1nn(Cc2ccccc2Cl)c(Cl)c1C(=O)N(C)C. The van der Waals surface area contributed by atoms with Gasteiger partial charge in [0, 0.05) is 19.1 Å². The lowest BCUT2D eigenvalue weighted by Gasteiger charge is -2.10. The quantitative estimate of drug-likeness (QED) is 0.872. The molecule has 106 valence electrons. The molecule has 0 aliphatic heterocycles. The van der Waals surface area contributed by atoms with Crippen molar-refractivity contribution in [1.82, 2.24) is 14.7 Å². The van der Waals surface area contributed by atoms with E-state index in [1.165, 1.54) is 4.90 Å². The molecule has 0 radical (unpaired) electrons. The van der Waals surface area contributed by atoms with E-state index in [9.17, 15) is 4.79 Å². The summed E-state index contributed by atoms with van der Waals surface area (Å²) in [4.78, 5) is 13.6. The van der Waals surface area contributed by atoms with Crippen LogP contribution in [0.15, 0.2) is 24.3 Å². The number of hydrogen-bond acceptors (Lipinski definition) is 2. The second kappa shape index (κ2) is 5.85. The van der Waals surface area contributed by atoms with Crippen molar-refractivity contribution in [3.8, 4) is 0 Å². The molecule has 0 fully saturated rings. The van der Waals surface area contributed by atoms with Crippen molar-refractivity contribution in [1.29, 1.82) is 0 Å². The monoisotopic (exact) mass is 311 g/mol. The number of carbonyl (C=O) groups is 1. The number of aryl methyl sites for hydroxylation is 1. The predicted octanol–water partition coefficient (Wildman–Crippen LogP) is 3.25. The molecule has 0 atom stereocenters. The van der Waals surface area contributed by atoms with E-state index in [1.54, 1.807) is 25.7 Å². The molecule has 1 aromatic heterocycles. The van der Waals surface area contributed by atoms with E-state index in [4.69, 9.17) is 23.2 Å². The summed E-state index contributed by atoms with van der Waals surface area (Å²) in [7, 11) is 3.37. The number of halogens is 2. The van der Waals surface area contributed by atoms with Gasteiger partial charge in [-0.1, -0.05) is 41.4 Å². The highest BCUT2D eigenvalue weighted by Crippen LogP contribution is 2.24. The third-order valence-electron chi connectivity index (χ3n) is 2.96. The first-order valence-corrected chi connectivity index (χ1v) is 6.85. The summed E-state index contributed by atoms with van der Waals surface area (Å²) in [6, 6.07) is 7.48.